The van der Waals surface area contributed by atoms with Gasteiger partial charge in [-0.25, -0.2) is 4.39 Å². The molecular formula is C14H19FN2. The molecule has 0 spiro atoms. The molecule has 0 aromatic heterocycles. The van der Waals surface area contributed by atoms with Gasteiger partial charge < -0.3 is 10.2 Å². The van der Waals surface area contributed by atoms with Crippen molar-refractivity contribution in [3.63, 3.8) is 0 Å². The third-order valence-corrected chi connectivity index (χ3v) is 3.94. The molecule has 2 nitrogen and oxygen atoms in total. The van der Waals surface area contributed by atoms with Crippen LogP contribution < -0.4 is 5.32 Å². The summed E-state index contributed by atoms with van der Waals surface area (Å²) >= 11 is 0. The van der Waals surface area contributed by atoms with Crippen molar-refractivity contribution in [2.24, 2.45) is 0 Å². The molecule has 1 saturated heterocycles. The molecule has 0 saturated carbocycles. The number of fused-ring (bicyclic) bond motifs is 1. The van der Waals surface area contributed by atoms with E-state index in [0.717, 1.165) is 25.2 Å². The fraction of sp³-hybridized carbons (Fsp3) is 0.571. The Balaban J connectivity index is 1.78. The summed E-state index contributed by atoms with van der Waals surface area (Å²) in [5.41, 5.74) is 2.30. The fourth-order valence-corrected chi connectivity index (χ4v) is 3.04. The highest BCUT2D eigenvalue weighted by molar-refractivity contribution is 5.55. The van der Waals surface area contributed by atoms with Gasteiger partial charge in [0, 0.05) is 24.7 Å². The van der Waals surface area contributed by atoms with Crippen LogP contribution in [0.25, 0.3) is 0 Å². The first-order chi connectivity index (χ1) is 8.33. The molecule has 2 heterocycles. The first kappa shape index (κ1) is 11.0. The highest BCUT2D eigenvalue weighted by Crippen LogP contribution is 2.33. The lowest BCUT2D eigenvalue weighted by molar-refractivity contribution is 0.307. The highest BCUT2D eigenvalue weighted by atomic mass is 19.1. The van der Waals surface area contributed by atoms with Gasteiger partial charge in [0.2, 0.25) is 0 Å². The van der Waals surface area contributed by atoms with Crippen LogP contribution in [0.4, 0.5) is 10.1 Å². The second-order valence-electron chi connectivity index (χ2n) is 5.15. The molecule has 3 rings (SSSR count). The number of rotatable bonds is 2. The number of halogens is 1. The lowest BCUT2D eigenvalue weighted by Crippen LogP contribution is -2.29. The van der Waals surface area contributed by atoms with Gasteiger partial charge in [0.1, 0.15) is 5.82 Å². The minimum Gasteiger partial charge on any atom is -0.385 e. The van der Waals surface area contributed by atoms with Gasteiger partial charge >= 0.3 is 0 Å². The summed E-state index contributed by atoms with van der Waals surface area (Å²) in [6, 6.07) is 5.17. The predicted molar refractivity (Wildman–Crippen MR) is 67.9 cm³/mol. The maximum absolute atomic E-state index is 13.2. The molecule has 0 aliphatic carbocycles. The van der Waals surface area contributed by atoms with Crippen molar-refractivity contribution in [3.8, 4) is 0 Å². The average molecular weight is 234 g/mol. The molecule has 1 unspecified atom stereocenters. The van der Waals surface area contributed by atoms with E-state index < -0.39 is 0 Å². The van der Waals surface area contributed by atoms with E-state index in [1.54, 1.807) is 12.1 Å². The minimum absolute atomic E-state index is 0.141. The van der Waals surface area contributed by atoms with E-state index in [0.29, 0.717) is 5.92 Å². The number of likely N-dealkylation sites (tertiary alicyclic amines) is 1. The van der Waals surface area contributed by atoms with Crippen molar-refractivity contribution in [3.05, 3.63) is 29.6 Å². The van der Waals surface area contributed by atoms with E-state index in [1.165, 1.54) is 31.5 Å². The third kappa shape index (κ3) is 2.29. The van der Waals surface area contributed by atoms with Crippen LogP contribution in [-0.2, 0) is 0 Å². The SMILES string of the molecule is Fc1ccc2c(c1)NCCC2CN1CCCC1. The summed E-state index contributed by atoms with van der Waals surface area (Å²) < 4.78 is 13.2. The van der Waals surface area contributed by atoms with E-state index in [1.807, 2.05) is 6.07 Å². The Morgan fingerprint density at radius 3 is 2.94 bits per heavy atom. The van der Waals surface area contributed by atoms with E-state index in [-0.39, 0.29) is 5.82 Å². The van der Waals surface area contributed by atoms with Gasteiger partial charge in [-0.05, 0) is 50.0 Å². The summed E-state index contributed by atoms with van der Waals surface area (Å²) in [6.45, 7) is 4.58. The van der Waals surface area contributed by atoms with Crippen molar-refractivity contribution in [1.82, 2.24) is 4.90 Å². The molecule has 1 atom stereocenters. The lowest BCUT2D eigenvalue weighted by atomic mass is 9.90. The summed E-state index contributed by atoms with van der Waals surface area (Å²) in [4.78, 5) is 2.54. The van der Waals surface area contributed by atoms with Crippen molar-refractivity contribution < 1.29 is 4.39 Å². The molecule has 1 fully saturated rings. The van der Waals surface area contributed by atoms with Crippen molar-refractivity contribution >= 4 is 5.69 Å². The maximum atomic E-state index is 13.2. The predicted octanol–water partition coefficient (Wildman–Crippen LogP) is 2.82. The van der Waals surface area contributed by atoms with Gasteiger partial charge in [-0.3, -0.25) is 0 Å². The van der Waals surface area contributed by atoms with Crippen LogP contribution in [0.15, 0.2) is 18.2 Å². The average Bonchev–Trinajstić information content (AvgIpc) is 2.82. The molecule has 1 N–H and O–H groups in total. The number of benzene rings is 1. The third-order valence-electron chi connectivity index (χ3n) is 3.94. The summed E-state index contributed by atoms with van der Waals surface area (Å²) in [5, 5.41) is 3.30. The molecule has 17 heavy (non-hydrogen) atoms. The van der Waals surface area contributed by atoms with Crippen LogP contribution in [0.2, 0.25) is 0 Å². The molecule has 92 valence electrons. The second-order valence-corrected chi connectivity index (χ2v) is 5.15. The maximum Gasteiger partial charge on any atom is 0.125 e. The molecule has 0 radical (unpaired) electrons. The van der Waals surface area contributed by atoms with Crippen LogP contribution in [0.5, 0.6) is 0 Å². The first-order valence-corrected chi connectivity index (χ1v) is 6.58. The van der Waals surface area contributed by atoms with Crippen molar-refractivity contribution in [2.45, 2.75) is 25.2 Å². The quantitative estimate of drug-likeness (QED) is 0.846. The van der Waals surface area contributed by atoms with Gasteiger partial charge in [-0.2, -0.15) is 0 Å². The Morgan fingerprint density at radius 1 is 1.29 bits per heavy atom. The normalized spacial score (nSPS) is 24.4. The fourth-order valence-electron chi connectivity index (χ4n) is 3.04. The number of hydrogen-bond donors (Lipinski definition) is 1. The van der Waals surface area contributed by atoms with E-state index in [4.69, 9.17) is 0 Å². The first-order valence-electron chi connectivity index (χ1n) is 6.58. The van der Waals surface area contributed by atoms with Crippen LogP contribution in [0, 0.1) is 5.82 Å². The molecule has 0 bridgehead atoms. The van der Waals surface area contributed by atoms with Gasteiger partial charge in [0.25, 0.3) is 0 Å². The van der Waals surface area contributed by atoms with Gasteiger partial charge in [0.05, 0.1) is 0 Å². The Labute approximate surface area is 102 Å². The molecule has 0 amide bonds. The van der Waals surface area contributed by atoms with Crippen molar-refractivity contribution in [1.29, 1.82) is 0 Å². The van der Waals surface area contributed by atoms with Crippen LogP contribution >= 0.6 is 0 Å². The summed E-state index contributed by atoms with van der Waals surface area (Å²) in [7, 11) is 0. The summed E-state index contributed by atoms with van der Waals surface area (Å²) in [6.07, 6.45) is 3.83. The molecule has 1 aromatic rings. The number of nitrogens with one attached hydrogen (secondary N) is 1. The largest absolute Gasteiger partial charge is 0.385 e. The number of nitrogens with zero attached hydrogens (tertiary/aromatic N) is 1. The monoisotopic (exact) mass is 234 g/mol. The van der Waals surface area contributed by atoms with Crippen LogP contribution in [0.3, 0.4) is 0 Å². The molecule has 3 heteroatoms. The smallest absolute Gasteiger partial charge is 0.125 e. The van der Waals surface area contributed by atoms with Crippen LogP contribution in [0.1, 0.15) is 30.7 Å². The Bertz CT molecular complexity index is 399. The van der Waals surface area contributed by atoms with Gasteiger partial charge in [-0.15, -0.1) is 0 Å². The van der Waals surface area contributed by atoms with Crippen molar-refractivity contribution in [2.75, 3.05) is 31.5 Å². The number of hydrogen-bond acceptors (Lipinski definition) is 2. The van der Waals surface area contributed by atoms with E-state index in [2.05, 4.69) is 10.2 Å². The lowest BCUT2D eigenvalue weighted by Gasteiger charge is -2.30. The second kappa shape index (κ2) is 4.65. The Hall–Kier alpha value is -1.09. The molecule has 2 aliphatic rings. The molecular weight excluding hydrogens is 215 g/mol. The zero-order valence-electron chi connectivity index (χ0n) is 10.1. The van der Waals surface area contributed by atoms with E-state index in [9.17, 15) is 4.39 Å². The number of anilines is 1. The standard InChI is InChI=1S/C14H19FN2/c15-12-3-4-13-11(5-6-16-14(13)9-12)10-17-7-1-2-8-17/h3-4,9,11,16H,1-2,5-8,10H2. The molecule has 1 aromatic carbocycles. The van der Waals surface area contributed by atoms with Gasteiger partial charge in [-0.1, -0.05) is 6.07 Å². The zero-order chi connectivity index (χ0) is 11.7. The highest BCUT2D eigenvalue weighted by Gasteiger charge is 2.23. The zero-order valence-corrected chi connectivity index (χ0v) is 10.1. The Kier molecular flexibility index (Phi) is 3.02. The summed E-state index contributed by atoms with van der Waals surface area (Å²) in [5.74, 6) is 0.433. The topological polar surface area (TPSA) is 15.3 Å². The minimum atomic E-state index is -0.141. The van der Waals surface area contributed by atoms with E-state index >= 15 is 0 Å². The van der Waals surface area contributed by atoms with Gasteiger partial charge in [0.15, 0.2) is 0 Å². The Morgan fingerprint density at radius 2 is 2.12 bits per heavy atom. The van der Waals surface area contributed by atoms with Crippen LogP contribution in [-0.4, -0.2) is 31.1 Å². The molecule has 2 aliphatic heterocycles.